The van der Waals surface area contributed by atoms with Crippen molar-refractivity contribution in [2.75, 3.05) is 13.1 Å². The van der Waals surface area contributed by atoms with Gasteiger partial charge in [0.25, 0.3) is 5.91 Å². The Morgan fingerprint density at radius 1 is 1.22 bits per heavy atom. The summed E-state index contributed by atoms with van der Waals surface area (Å²) in [6, 6.07) is 8.04. The molecule has 0 saturated heterocycles. The van der Waals surface area contributed by atoms with E-state index in [0.717, 1.165) is 41.9 Å². The van der Waals surface area contributed by atoms with Crippen molar-refractivity contribution in [2.24, 2.45) is 0 Å². The van der Waals surface area contributed by atoms with Crippen LogP contribution in [0.2, 0.25) is 0 Å². The highest BCUT2D eigenvalue weighted by Gasteiger charge is 2.22. The molecule has 3 aromatic rings. The lowest BCUT2D eigenvalue weighted by molar-refractivity contribution is 0.0933. The van der Waals surface area contributed by atoms with Crippen LogP contribution >= 0.6 is 11.3 Å². The van der Waals surface area contributed by atoms with E-state index in [1.54, 1.807) is 0 Å². The molecule has 2 aromatic heterocycles. The SMILES string of the molecule is Cc1nc2ccc(C(=O)NC[C@@H](C)N3CCc4sccc4C3)cc2nc1C. The fourth-order valence-electron chi connectivity index (χ4n) is 3.49. The van der Waals surface area contributed by atoms with Gasteiger partial charge in [-0.05, 0) is 62.4 Å². The minimum atomic E-state index is -0.0583. The number of benzene rings is 1. The summed E-state index contributed by atoms with van der Waals surface area (Å²) in [6.45, 7) is 8.72. The maximum atomic E-state index is 12.6. The first kappa shape index (κ1) is 18.1. The molecule has 4 rings (SSSR count). The van der Waals surface area contributed by atoms with Gasteiger partial charge in [0.15, 0.2) is 0 Å². The lowest BCUT2D eigenvalue weighted by Gasteiger charge is -2.32. The molecular formula is C21H24N4OS. The second-order valence-electron chi connectivity index (χ2n) is 7.25. The Morgan fingerprint density at radius 2 is 2.00 bits per heavy atom. The van der Waals surface area contributed by atoms with Gasteiger partial charge in [0.05, 0.1) is 22.4 Å². The van der Waals surface area contributed by atoms with Crippen LogP contribution in [0, 0.1) is 13.8 Å². The molecular weight excluding hydrogens is 356 g/mol. The number of fused-ring (bicyclic) bond motifs is 2. The zero-order valence-corrected chi connectivity index (χ0v) is 16.8. The molecule has 6 heteroatoms. The second-order valence-corrected chi connectivity index (χ2v) is 8.25. The Labute approximate surface area is 163 Å². The van der Waals surface area contributed by atoms with Crippen molar-refractivity contribution in [2.45, 2.75) is 39.8 Å². The number of carbonyl (C=O) groups excluding carboxylic acids is 1. The van der Waals surface area contributed by atoms with Gasteiger partial charge >= 0.3 is 0 Å². The van der Waals surface area contributed by atoms with Crippen molar-refractivity contribution in [1.82, 2.24) is 20.2 Å². The van der Waals surface area contributed by atoms with Gasteiger partial charge in [-0.3, -0.25) is 9.69 Å². The second kappa shape index (κ2) is 7.37. The van der Waals surface area contributed by atoms with Crippen LogP contribution in [-0.4, -0.2) is 39.9 Å². The molecule has 1 aliphatic heterocycles. The highest BCUT2D eigenvalue weighted by atomic mass is 32.1. The van der Waals surface area contributed by atoms with Crippen LogP contribution in [0.4, 0.5) is 0 Å². The van der Waals surface area contributed by atoms with Crippen molar-refractivity contribution >= 4 is 28.3 Å². The summed E-state index contributed by atoms with van der Waals surface area (Å²) in [5.41, 5.74) is 5.47. The van der Waals surface area contributed by atoms with E-state index in [4.69, 9.17) is 0 Å². The van der Waals surface area contributed by atoms with Gasteiger partial charge in [-0.15, -0.1) is 11.3 Å². The topological polar surface area (TPSA) is 58.1 Å². The first-order valence-corrected chi connectivity index (χ1v) is 10.2. The molecule has 1 aromatic carbocycles. The molecule has 1 amide bonds. The van der Waals surface area contributed by atoms with E-state index >= 15 is 0 Å². The molecule has 0 aliphatic carbocycles. The third-order valence-electron chi connectivity index (χ3n) is 5.36. The number of carbonyl (C=O) groups is 1. The molecule has 5 nitrogen and oxygen atoms in total. The molecule has 0 spiro atoms. The van der Waals surface area contributed by atoms with Gasteiger partial charge in [0.2, 0.25) is 0 Å². The van der Waals surface area contributed by atoms with Crippen molar-refractivity contribution < 1.29 is 4.79 Å². The van der Waals surface area contributed by atoms with Crippen molar-refractivity contribution in [3.63, 3.8) is 0 Å². The fraction of sp³-hybridized carbons (Fsp3) is 0.381. The van der Waals surface area contributed by atoms with Gasteiger partial charge in [-0.1, -0.05) is 0 Å². The van der Waals surface area contributed by atoms with Gasteiger partial charge in [-0.25, -0.2) is 9.97 Å². The Morgan fingerprint density at radius 3 is 2.81 bits per heavy atom. The van der Waals surface area contributed by atoms with Crippen molar-refractivity contribution in [3.05, 3.63) is 57.0 Å². The number of hydrogen-bond donors (Lipinski definition) is 1. The molecule has 27 heavy (non-hydrogen) atoms. The summed E-state index contributed by atoms with van der Waals surface area (Å²) >= 11 is 1.85. The average molecular weight is 381 g/mol. The predicted octanol–water partition coefficient (Wildman–Crippen LogP) is 3.48. The smallest absolute Gasteiger partial charge is 0.251 e. The van der Waals surface area contributed by atoms with Crippen LogP contribution in [0.3, 0.4) is 0 Å². The first-order chi connectivity index (χ1) is 13.0. The molecule has 140 valence electrons. The summed E-state index contributed by atoms with van der Waals surface area (Å²) < 4.78 is 0. The number of amides is 1. The summed E-state index contributed by atoms with van der Waals surface area (Å²) in [5, 5.41) is 5.25. The lowest BCUT2D eigenvalue weighted by atomic mass is 10.1. The average Bonchev–Trinajstić information content (AvgIpc) is 3.14. The number of aromatic nitrogens is 2. The summed E-state index contributed by atoms with van der Waals surface area (Å²) in [7, 11) is 0. The molecule has 0 unspecified atom stereocenters. The Kier molecular flexibility index (Phi) is 4.93. The van der Waals surface area contributed by atoms with Crippen LogP contribution in [0.1, 0.15) is 39.1 Å². The molecule has 1 aliphatic rings. The van der Waals surface area contributed by atoms with E-state index in [0.29, 0.717) is 18.2 Å². The minimum Gasteiger partial charge on any atom is -0.350 e. The normalized spacial score (nSPS) is 15.5. The fourth-order valence-corrected chi connectivity index (χ4v) is 4.38. The molecule has 1 atom stereocenters. The monoisotopic (exact) mass is 380 g/mol. The van der Waals surface area contributed by atoms with Gasteiger partial charge in [-0.2, -0.15) is 0 Å². The molecule has 0 saturated carbocycles. The quantitative estimate of drug-likeness (QED) is 0.753. The van der Waals surface area contributed by atoms with Crippen molar-refractivity contribution in [3.8, 4) is 0 Å². The standard InChI is InChI=1S/C21H24N4OS/c1-13(25-8-6-20-17(12-25)7-9-27-20)11-22-21(26)16-4-5-18-19(10-16)24-15(3)14(2)23-18/h4-5,7,9-10,13H,6,8,11-12H2,1-3H3,(H,22,26)/t13-/m1/s1. The van der Waals surface area contributed by atoms with Crippen molar-refractivity contribution in [1.29, 1.82) is 0 Å². The number of thiophene rings is 1. The largest absolute Gasteiger partial charge is 0.350 e. The summed E-state index contributed by atoms with van der Waals surface area (Å²) in [6.07, 6.45) is 1.10. The third kappa shape index (κ3) is 3.73. The molecule has 0 radical (unpaired) electrons. The van der Waals surface area contributed by atoms with Gasteiger partial charge in [0, 0.05) is 36.1 Å². The Bertz CT molecular complexity index is 997. The maximum Gasteiger partial charge on any atom is 0.251 e. The van der Waals surface area contributed by atoms with Crippen LogP contribution in [0.5, 0.6) is 0 Å². The number of aryl methyl sites for hydroxylation is 2. The van der Waals surface area contributed by atoms with Gasteiger partial charge in [0.1, 0.15) is 0 Å². The molecule has 0 fully saturated rings. The number of rotatable bonds is 4. The van der Waals surface area contributed by atoms with Gasteiger partial charge < -0.3 is 5.32 Å². The lowest BCUT2D eigenvalue weighted by Crippen LogP contribution is -2.44. The summed E-state index contributed by atoms with van der Waals surface area (Å²) in [5.74, 6) is -0.0583. The highest BCUT2D eigenvalue weighted by molar-refractivity contribution is 7.10. The van der Waals surface area contributed by atoms with Crippen LogP contribution in [-0.2, 0) is 13.0 Å². The first-order valence-electron chi connectivity index (χ1n) is 9.34. The van der Waals surface area contributed by atoms with Crippen LogP contribution in [0.25, 0.3) is 11.0 Å². The van der Waals surface area contributed by atoms with E-state index in [2.05, 4.69) is 38.6 Å². The Hall–Kier alpha value is -2.31. The van der Waals surface area contributed by atoms with E-state index in [1.165, 1.54) is 10.4 Å². The summed E-state index contributed by atoms with van der Waals surface area (Å²) in [4.78, 5) is 25.6. The van der Waals surface area contributed by atoms with E-state index in [1.807, 2.05) is 43.4 Å². The Balaban J connectivity index is 1.40. The number of nitrogens with zero attached hydrogens (tertiary/aromatic N) is 3. The number of nitrogens with one attached hydrogen (secondary N) is 1. The zero-order valence-electron chi connectivity index (χ0n) is 16.0. The highest BCUT2D eigenvalue weighted by Crippen LogP contribution is 2.25. The zero-order chi connectivity index (χ0) is 19.0. The molecule has 1 N–H and O–H groups in total. The third-order valence-corrected chi connectivity index (χ3v) is 6.38. The maximum absolute atomic E-state index is 12.6. The van der Waals surface area contributed by atoms with E-state index < -0.39 is 0 Å². The van der Waals surface area contributed by atoms with E-state index in [-0.39, 0.29) is 5.91 Å². The van der Waals surface area contributed by atoms with E-state index in [9.17, 15) is 4.79 Å². The minimum absolute atomic E-state index is 0.0583. The molecule has 0 bridgehead atoms. The van der Waals surface area contributed by atoms with Crippen LogP contribution < -0.4 is 5.32 Å². The van der Waals surface area contributed by atoms with Crippen LogP contribution in [0.15, 0.2) is 29.6 Å². The number of hydrogen-bond acceptors (Lipinski definition) is 5. The predicted molar refractivity (Wildman–Crippen MR) is 109 cm³/mol. The molecule has 3 heterocycles.